The fraction of sp³-hybridized carbons (Fsp3) is 0.500. The Hall–Kier alpha value is -3.11. The summed E-state index contributed by atoms with van der Waals surface area (Å²) in [5.41, 5.74) is 1.24. The molecule has 0 bridgehead atoms. The van der Waals surface area contributed by atoms with Gasteiger partial charge in [0, 0.05) is 58.1 Å². The number of morpholine rings is 1. The van der Waals surface area contributed by atoms with Crippen LogP contribution < -0.4 is 20.9 Å². The lowest BCUT2D eigenvalue weighted by Crippen LogP contribution is -2.44. The van der Waals surface area contributed by atoms with Gasteiger partial charge in [-0.05, 0) is 18.6 Å². The van der Waals surface area contributed by atoms with Crippen molar-refractivity contribution in [2.75, 3.05) is 51.4 Å². The van der Waals surface area contributed by atoms with Crippen LogP contribution >= 0.6 is 0 Å². The van der Waals surface area contributed by atoms with Crippen LogP contribution in [0.2, 0.25) is 0 Å². The SMILES string of the molecule is COc1cccc(N2CCCn3c2nc2c3c(=O)n(CCN3CCOCC3)c(=O)n2C)c1. The number of rotatable bonds is 5. The predicted octanol–water partition coefficient (Wildman–Crippen LogP) is 0.779. The molecule has 1 saturated heterocycles. The van der Waals surface area contributed by atoms with Crippen LogP contribution in [0.3, 0.4) is 0 Å². The van der Waals surface area contributed by atoms with E-state index < -0.39 is 0 Å². The Morgan fingerprint density at radius 1 is 1.09 bits per heavy atom. The van der Waals surface area contributed by atoms with E-state index in [1.807, 2.05) is 28.8 Å². The zero-order valence-electron chi connectivity index (χ0n) is 18.5. The molecule has 4 heterocycles. The maximum Gasteiger partial charge on any atom is 0.332 e. The van der Waals surface area contributed by atoms with Crippen molar-refractivity contribution in [1.82, 2.24) is 23.6 Å². The number of nitrogens with zero attached hydrogens (tertiary/aromatic N) is 6. The molecule has 0 spiro atoms. The molecule has 0 radical (unpaired) electrons. The number of methoxy groups -OCH3 is 1. The van der Waals surface area contributed by atoms with E-state index in [0.29, 0.717) is 50.0 Å². The quantitative estimate of drug-likeness (QED) is 0.580. The van der Waals surface area contributed by atoms with Crippen LogP contribution in [0.25, 0.3) is 11.2 Å². The van der Waals surface area contributed by atoms with E-state index in [0.717, 1.165) is 37.5 Å². The first-order valence-electron chi connectivity index (χ1n) is 11.0. The highest BCUT2D eigenvalue weighted by molar-refractivity contribution is 5.77. The van der Waals surface area contributed by atoms with Gasteiger partial charge < -0.3 is 18.9 Å². The number of fused-ring (bicyclic) bond motifs is 3. The molecule has 0 saturated carbocycles. The third kappa shape index (κ3) is 3.49. The average molecular weight is 441 g/mol. The van der Waals surface area contributed by atoms with Gasteiger partial charge in [0.1, 0.15) is 5.75 Å². The molecule has 5 rings (SSSR count). The van der Waals surface area contributed by atoms with Gasteiger partial charge in [0.25, 0.3) is 5.56 Å². The van der Waals surface area contributed by atoms with Gasteiger partial charge in [-0.3, -0.25) is 18.8 Å². The Bertz CT molecular complexity index is 1250. The van der Waals surface area contributed by atoms with Crippen LogP contribution in [0.4, 0.5) is 11.6 Å². The molecule has 0 N–H and O–H groups in total. The molecule has 0 unspecified atom stereocenters. The van der Waals surface area contributed by atoms with Gasteiger partial charge in [0.05, 0.1) is 20.3 Å². The topological polar surface area (TPSA) is 86.8 Å². The van der Waals surface area contributed by atoms with Crippen LogP contribution in [-0.2, 0) is 24.9 Å². The summed E-state index contributed by atoms with van der Waals surface area (Å²) in [7, 11) is 3.32. The van der Waals surface area contributed by atoms with Crippen molar-refractivity contribution in [3.05, 3.63) is 45.1 Å². The molecule has 32 heavy (non-hydrogen) atoms. The lowest BCUT2D eigenvalue weighted by Gasteiger charge is -2.29. The van der Waals surface area contributed by atoms with Gasteiger partial charge >= 0.3 is 5.69 Å². The second-order valence-corrected chi connectivity index (χ2v) is 8.19. The maximum absolute atomic E-state index is 13.5. The van der Waals surface area contributed by atoms with Crippen molar-refractivity contribution in [3.8, 4) is 5.75 Å². The van der Waals surface area contributed by atoms with Crippen molar-refractivity contribution in [3.63, 3.8) is 0 Å². The molecule has 2 aliphatic heterocycles. The third-order valence-corrected chi connectivity index (χ3v) is 6.33. The largest absolute Gasteiger partial charge is 0.497 e. The first kappa shape index (κ1) is 20.8. The Balaban J connectivity index is 1.57. The van der Waals surface area contributed by atoms with Gasteiger partial charge in [0.15, 0.2) is 11.2 Å². The highest BCUT2D eigenvalue weighted by atomic mass is 16.5. The number of aromatic nitrogens is 4. The van der Waals surface area contributed by atoms with Crippen LogP contribution in [-0.4, -0.2) is 70.1 Å². The fourth-order valence-corrected chi connectivity index (χ4v) is 4.55. The number of imidazole rings is 1. The number of anilines is 2. The average Bonchev–Trinajstić information content (AvgIpc) is 3.23. The zero-order valence-corrected chi connectivity index (χ0v) is 18.5. The lowest BCUT2D eigenvalue weighted by molar-refractivity contribution is 0.0361. The lowest BCUT2D eigenvalue weighted by atomic mass is 10.2. The van der Waals surface area contributed by atoms with Gasteiger partial charge in [-0.25, -0.2) is 4.79 Å². The van der Waals surface area contributed by atoms with E-state index in [1.165, 1.54) is 9.13 Å². The first-order chi connectivity index (χ1) is 15.6. The molecular weight excluding hydrogens is 412 g/mol. The van der Waals surface area contributed by atoms with Crippen molar-refractivity contribution in [2.24, 2.45) is 7.05 Å². The molecule has 10 heteroatoms. The van der Waals surface area contributed by atoms with Crippen molar-refractivity contribution < 1.29 is 9.47 Å². The summed E-state index contributed by atoms with van der Waals surface area (Å²) in [4.78, 5) is 35.5. The van der Waals surface area contributed by atoms with Crippen molar-refractivity contribution >= 4 is 22.8 Å². The second-order valence-electron chi connectivity index (χ2n) is 8.19. The smallest absolute Gasteiger partial charge is 0.332 e. The predicted molar refractivity (Wildman–Crippen MR) is 121 cm³/mol. The number of benzene rings is 1. The van der Waals surface area contributed by atoms with Crippen LogP contribution in [0.5, 0.6) is 5.75 Å². The number of ether oxygens (including phenoxy) is 2. The zero-order chi connectivity index (χ0) is 22.2. The van der Waals surface area contributed by atoms with Crippen LogP contribution in [0.15, 0.2) is 33.9 Å². The van der Waals surface area contributed by atoms with Crippen molar-refractivity contribution in [1.29, 1.82) is 0 Å². The minimum atomic E-state index is -0.334. The van der Waals surface area contributed by atoms with E-state index in [1.54, 1.807) is 14.2 Å². The summed E-state index contributed by atoms with van der Waals surface area (Å²) in [5.74, 6) is 1.44. The minimum Gasteiger partial charge on any atom is -0.497 e. The third-order valence-electron chi connectivity index (χ3n) is 6.33. The van der Waals surface area contributed by atoms with Gasteiger partial charge in [-0.2, -0.15) is 4.98 Å². The summed E-state index contributed by atoms with van der Waals surface area (Å²) in [6, 6.07) is 7.78. The van der Waals surface area contributed by atoms with Crippen LogP contribution in [0, 0.1) is 0 Å². The van der Waals surface area contributed by atoms with E-state index in [2.05, 4.69) is 9.80 Å². The summed E-state index contributed by atoms with van der Waals surface area (Å²) in [5, 5.41) is 0. The van der Waals surface area contributed by atoms with E-state index >= 15 is 0 Å². The molecule has 1 fully saturated rings. The monoisotopic (exact) mass is 440 g/mol. The Morgan fingerprint density at radius 2 is 1.91 bits per heavy atom. The number of hydrogen-bond donors (Lipinski definition) is 0. The molecule has 1 aromatic carbocycles. The summed E-state index contributed by atoms with van der Waals surface area (Å²) in [6.07, 6.45) is 0.867. The standard InChI is InChI=1S/C22H28N6O4/c1-24-19-18(20(29)28(22(24)30)10-9-25-11-13-32-14-12-25)27-8-4-7-26(21(27)23-19)16-5-3-6-17(15-16)31-2/h3,5-6,15H,4,7-14H2,1-2H3. The molecule has 2 aliphatic rings. The van der Waals surface area contributed by atoms with E-state index in [4.69, 9.17) is 14.5 Å². The summed E-state index contributed by atoms with van der Waals surface area (Å²) in [6.45, 7) is 5.44. The fourth-order valence-electron chi connectivity index (χ4n) is 4.55. The molecular formula is C22H28N6O4. The summed E-state index contributed by atoms with van der Waals surface area (Å²) < 4.78 is 15.5. The second kappa shape index (κ2) is 8.44. The molecule has 0 atom stereocenters. The molecule has 0 amide bonds. The summed E-state index contributed by atoms with van der Waals surface area (Å²) >= 11 is 0. The highest BCUT2D eigenvalue weighted by Gasteiger charge is 2.27. The van der Waals surface area contributed by atoms with Gasteiger partial charge in [-0.1, -0.05) is 6.07 Å². The molecule has 2 aromatic heterocycles. The molecule has 170 valence electrons. The molecule has 10 nitrogen and oxygen atoms in total. The number of aryl methyl sites for hydroxylation is 2. The first-order valence-corrected chi connectivity index (χ1v) is 11.0. The Kier molecular flexibility index (Phi) is 5.48. The maximum atomic E-state index is 13.5. The van der Waals surface area contributed by atoms with Gasteiger partial charge in [-0.15, -0.1) is 0 Å². The van der Waals surface area contributed by atoms with Crippen molar-refractivity contribution in [2.45, 2.75) is 19.5 Å². The normalized spacial score (nSPS) is 17.0. The minimum absolute atomic E-state index is 0.275. The Labute approximate surface area is 185 Å². The molecule has 0 aliphatic carbocycles. The van der Waals surface area contributed by atoms with Crippen LogP contribution in [0.1, 0.15) is 6.42 Å². The number of hydrogen-bond acceptors (Lipinski definition) is 7. The van der Waals surface area contributed by atoms with E-state index in [-0.39, 0.29) is 11.2 Å². The van der Waals surface area contributed by atoms with Gasteiger partial charge in [0.2, 0.25) is 5.95 Å². The highest BCUT2D eigenvalue weighted by Crippen LogP contribution is 2.32. The van der Waals surface area contributed by atoms with E-state index in [9.17, 15) is 9.59 Å². The Morgan fingerprint density at radius 3 is 2.69 bits per heavy atom. The molecule has 3 aromatic rings.